The van der Waals surface area contributed by atoms with Crippen molar-refractivity contribution in [1.82, 2.24) is 0 Å². The molecule has 0 N–H and O–H groups in total. The molecule has 0 bridgehead atoms. The van der Waals surface area contributed by atoms with Gasteiger partial charge in [-0.3, -0.25) is 0 Å². The van der Waals surface area contributed by atoms with E-state index < -0.39 is 0 Å². The minimum Gasteiger partial charge on any atom is -0.492 e. The van der Waals surface area contributed by atoms with Gasteiger partial charge in [-0.2, -0.15) is 4.57 Å². The number of hydrogen-bond donors (Lipinski definition) is 0. The minimum absolute atomic E-state index is 0.599. The van der Waals surface area contributed by atoms with Crippen molar-refractivity contribution in [2.45, 2.75) is 35.1 Å². The Morgan fingerprint density at radius 3 is 2.12 bits per heavy atom. The van der Waals surface area contributed by atoms with Crippen LogP contribution < -0.4 is 18.9 Å². The number of pyridine rings is 1. The summed E-state index contributed by atoms with van der Waals surface area (Å²) in [7, 11) is 0. The van der Waals surface area contributed by atoms with Gasteiger partial charge in [0.2, 0.25) is 5.52 Å². The number of benzene rings is 4. The van der Waals surface area contributed by atoms with Gasteiger partial charge in [-0.15, -0.1) is 23.5 Å². The van der Waals surface area contributed by atoms with Gasteiger partial charge in [0.05, 0.1) is 22.6 Å². The summed E-state index contributed by atoms with van der Waals surface area (Å²) in [4.78, 5) is 6.30. The van der Waals surface area contributed by atoms with Crippen molar-refractivity contribution in [3.8, 4) is 11.5 Å². The van der Waals surface area contributed by atoms with Gasteiger partial charge in [0, 0.05) is 26.8 Å². The van der Waals surface area contributed by atoms with Gasteiger partial charge in [-0.05, 0) is 91.6 Å². The Morgan fingerprint density at radius 2 is 1.42 bits per heavy atom. The lowest BCUT2D eigenvalue weighted by molar-refractivity contribution is -0.672. The van der Waals surface area contributed by atoms with Crippen LogP contribution >= 0.6 is 35.3 Å². The minimum atomic E-state index is 0.599. The summed E-state index contributed by atoms with van der Waals surface area (Å²) in [6.07, 6.45) is 17.3. The van der Waals surface area contributed by atoms with E-state index in [1.807, 2.05) is 72.4 Å². The van der Waals surface area contributed by atoms with Crippen LogP contribution in [0.25, 0.3) is 17.0 Å². The van der Waals surface area contributed by atoms with Crippen LogP contribution in [0.1, 0.15) is 16.7 Å². The highest BCUT2D eigenvalue weighted by atomic mass is 32.2. The number of nitrogens with zero attached hydrogens (tertiary/aromatic N) is 2. The summed E-state index contributed by atoms with van der Waals surface area (Å²) >= 11 is 5.43. The van der Waals surface area contributed by atoms with Crippen LogP contribution in [-0.2, 0) is 6.54 Å². The normalized spacial score (nSPS) is 13.7. The molecule has 4 aromatic carbocycles. The van der Waals surface area contributed by atoms with Gasteiger partial charge in [-0.25, -0.2) is 0 Å². The van der Waals surface area contributed by atoms with E-state index in [-0.39, 0.29) is 0 Å². The standard InChI is InChI=1S/C41H41N2O2S3/c1-30-26-35-32(20-21-42(36(35)27-31(30)2)22-24-44-33-15-9-6-10-16-33)14-8-5-13-19-41-43(23-25-45-34-17-11-7-12-18-34)37-28-39(46-3)40(47-4)29-38(37)48-41/h5-21,26-29H,22-25H2,1-4H3/q+1. The lowest BCUT2D eigenvalue weighted by Gasteiger charge is -2.21. The SMILES string of the molecule is CSc1cc2c(cc1SC)N(CCOc1ccccc1)C(=CC=CC=Cc1cc[n+](CCOc3ccccc3)c3cc(C)c(C)cc13)S2. The molecule has 0 saturated heterocycles. The van der Waals surface area contributed by atoms with E-state index in [2.05, 4.69) is 103 Å². The summed E-state index contributed by atoms with van der Waals surface area (Å²) < 4.78 is 14.4. The van der Waals surface area contributed by atoms with E-state index in [1.165, 1.54) is 53.0 Å². The predicted octanol–water partition coefficient (Wildman–Crippen LogP) is 10.4. The van der Waals surface area contributed by atoms with Crippen molar-refractivity contribution in [3.05, 3.63) is 143 Å². The molecule has 0 amide bonds. The number of fused-ring (bicyclic) bond motifs is 2. The van der Waals surface area contributed by atoms with Gasteiger partial charge in [0.1, 0.15) is 24.7 Å². The third-order valence-corrected chi connectivity index (χ3v) is 11.1. The van der Waals surface area contributed by atoms with Crippen LogP contribution in [0.2, 0.25) is 0 Å². The molecule has 0 saturated carbocycles. The van der Waals surface area contributed by atoms with Gasteiger partial charge < -0.3 is 14.4 Å². The zero-order chi connectivity index (χ0) is 33.3. The van der Waals surface area contributed by atoms with E-state index in [0.717, 1.165) is 24.6 Å². The first kappa shape index (κ1) is 33.8. The molecule has 0 radical (unpaired) electrons. The van der Waals surface area contributed by atoms with Crippen LogP contribution in [0.4, 0.5) is 5.69 Å². The summed E-state index contributed by atoms with van der Waals surface area (Å²) in [6.45, 7) is 7.11. The Morgan fingerprint density at radius 1 is 0.750 bits per heavy atom. The molecule has 6 rings (SSSR count). The second-order valence-corrected chi connectivity index (χ2v) is 14.2. The molecule has 0 unspecified atom stereocenters. The van der Waals surface area contributed by atoms with Crippen LogP contribution in [0.15, 0.2) is 141 Å². The first-order valence-electron chi connectivity index (χ1n) is 16.1. The topological polar surface area (TPSA) is 25.6 Å². The first-order valence-corrected chi connectivity index (χ1v) is 19.4. The second kappa shape index (κ2) is 16.4. The van der Waals surface area contributed by atoms with Crippen molar-refractivity contribution >= 4 is 58.0 Å². The molecule has 1 aromatic heterocycles. The molecule has 0 atom stereocenters. The number of anilines is 1. The number of ether oxygens (including phenoxy) is 2. The first-order chi connectivity index (χ1) is 23.5. The van der Waals surface area contributed by atoms with Crippen molar-refractivity contribution in [2.24, 2.45) is 0 Å². The van der Waals surface area contributed by atoms with Crippen LogP contribution in [-0.4, -0.2) is 32.3 Å². The zero-order valence-electron chi connectivity index (χ0n) is 27.9. The average molecular weight is 690 g/mol. The van der Waals surface area contributed by atoms with E-state index in [9.17, 15) is 0 Å². The second-order valence-electron chi connectivity index (χ2n) is 11.4. The largest absolute Gasteiger partial charge is 0.492 e. The maximum absolute atomic E-state index is 6.10. The van der Waals surface area contributed by atoms with Gasteiger partial charge >= 0.3 is 0 Å². The van der Waals surface area contributed by atoms with E-state index >= 15 is 0 Å². The molecule has 0 spiro atoms. The van der Waals surface area contributed by atoms with E-state index in [1.54, 1.807) is 23.5 Å². The maximum atomic E-state index is 6.10. The molecule has 0 aliphatic carbocycles. The number of hydrogen-bond acceptors (Lipinski definition) is 6. The fourth-order valence-electron chi connectivity index (χ4n) is 5.65. The van der Waals surface area contributed by atoms with Crippen molar-refractivity contribution < 1.29 is 14.0 Å². The number of allylic oxidation sites excluding steroid dienone is 4. The number of aryl methyl sites for hydroxylation is 2. The highest BCUT2D eigenvalue weighted by molar-refractivity contribution is 8.04. The smallest absolute Gasteiger partial charge is 0.213 e. The van der Waals surface area contributed by atoms with Crippen LogP contribution in [0, 0.1) is 13.8 Å². The maximum Gasteiger partial charge on any atom is 0.213 e. The monoisotopic (exact) mass is 689 g/mol. The van der Waals surface area contributed by atoms with Crippen molar-refractivity contribution in [3.63, 3.8) is 0 Å². The van der Waals surface area contributed by atoms with E-state index in [4.69, 9.17) is 9.47 Å². The molecular formula is C41H41N2O2S3+. The predicted molar refractivity (Wildman–Crippen MR) is 207 cm³/mol. The lowest BCUT2D eigenvalue weighted by Crippen LogP contribution is -2.37. The molecule has 48 heavy (non-hydrogen) atoms. The molecule has 1 aliphatic rings. The molecule has 4 nitrogen and oxygen atoms in total. The summed E-state index contributed by atoms with van der Waals surface area (Å²) in [5, 5.41) is 2.44. The molecule has 2 heterocycles. The Labute approximate surface area is 297 Å². The summed E-state index contributed by atoms with van der Waals surface area (Å²) in [5.41, 5.74) is 6.24. The fourth-order valence-corrected chi connectivity index (χ4v) is 8.33. The fraction of sp³-hybridized carbons (Fsp3) is 0.195. The molecule has 244 valence electrons. The number of para-hydroxylation sites is 2. The Kier molecular flexibility index (Phi) is 11.5. The van der Waals surface area contributed by atoms with Crippen molar-refractivity contribution in [2.75, 3.05) is 37.2 Å². The quantitative estimate of drug-likeness (QED) is 0.0694. The van der Waals surface area contributed by atoms with Crippen molar-refractivity contribution in [1.29, 1.82) is 0 Å². The number of rotatable bonds is 13. The Hall–Kier alpha value is -4.04. The summed E-state index contributed by atoms with van der Waals surface area (Å²) in [6, 6.07) is 31.5. The Bertz CT molecular complexity index is 1960. The lowest BCUT2D eigenvalue weighted by atomic mass is 10.0. The molecule has 1 aliphatic heterocycles. The highest BCUT2D eigenvalue weighted by Gasteiger charge is 2.26. The molecular weight excluding hydrogens is 649 g/mol. The zero-order valence-corrected chi connectivity index (χ0v) is 30.3. The highest BCUT2D eigenvalue weighted by Crippen LogP contribution is 2.49. The van der Waals surface area contributed by atoms with Gasteiger partial charge in [0.25, 0.3) is 0 Å². The molecule has 7 heteroatoms. The van der Waals surface area contributed by atoms with Crippen LogP contribution in [0.5, 0.6) is 11.5 Å². The average Bonchev–Trinajstić information content (AvgIpc) is 3.45. The third kappa shape index (κ3) is 8.15. The number of thioether (sulfide) groups is 3. The van der Waals surface area contributed by atoms with E-state index in [0.29, 0.717) is 13.2 Å². The third-order valence-electron chi connectivity index (χ3n) is 8.31. The molecule has 5 aromatic rings. The molecule has 0 fully saturated rings. The van der Waals surface area contributed by atoms with Crippen LogP contribution in [0.3, 0.4) is 0 Å². The number of aromatic nitrogens is 1. The summed E-state index contributed by atoms with van der Waals surface area (Å²) in [5.74, 6) is 1.79. The Balaban J connectivity index is 1.19. The van der Waals surface area contributed by atoms with Gasteiger partial charge in [0.15, 0.2) is 12.7 Å². The van der Waals surface area contributed by atoms with Gasteiger partial charge in [-0.1, -0.05) is 72.5 Å².